The molecule has 0 radical (unpaired) electrons. The third kappa shape index (κ3) is 7.44. The smallest absolute Gasteiger partial charge is 0.341 e. The van der Waals surface area contributed by atoms with Crippen molar-refractivity contribution in [3.8, 4) is 5.75 Å². The summed E-state index contributed by atoms with van der Waals surface area (Å²) in [5, 5.41) is 22.9. The summed E-state index contributed by atoms with van der Waals surface area (Å²) in [4.78, 5) is 11.1. The number of hydrogen-bond acceptors (Lipinski definition) is 6. The Morgan fingerprint density at radius 1 is 1.08 bits per heavy atom. The maximum atomic E-state index is 13.2. The molecule has 0 aliphatic heterocycles. The summed E-state index contributed by atoms with van der Waals surface area (Å²) in [6, 6.07) is 16.8. The van der Waals surface area contributed by atoms with E-state index in [1.807, 2.05) is 6.07 Å². The van der Waals surface area contributed by atoms with Crippen LogP contribution in [-0.4, -0.2) is 44.3 Å². The second kappa shape index (κ2) is 13.1. The summed E-state index contributed by atoms with van der Waals surface area (Å²) in [5.41, 5.74) is 2.71. The molecule has 0 heterocycles. The van der Waals surface area contributed by atoms with E-state index in [0.29, 0.717) is 35.7 Å². The molecular weight excluding hydrogens is 525 g/mol. The molecule has 0 amide bonds. The number of carboxylic acids is 1. The molecule has 0 fully saturated rings. The van der Waals surface area contributed by atoms with Crippen molar-refractivity contribution in [3.63, 3.8) is 0 Å². The van der Waals surface area contributed by atoms with Gasteiger partial charge >= 0.3 is 5.97 Å². The molecule has 3 aromatic carbocycles. The molecule has 3 rings (SSSR count). The number of nitrogens with one attached hydrogen (secondary N) is 1. The largest absolute Gasteiger partial charge is 0.481 e. The molecule has 36 heavy (non-hydrogen) atoms. The van der Waals surface area contributed by atoms with Crippen molar-refractivity contribution in [2.24, 2.45) is 0 Å². The minimum absolute atomic E-state index is 0. The highest BCUT2D eigenvalue weighted by atomic mass is 35.5. The summed E-state index contributed by atoms with van der Waals surface area (Å²) in [5.74, 6) is -0.878. The molecule has 0 spiro atoms. The lowest BCUT2D eigenvalue weighted by Crippen LogP contribution is -2.23. The van der Waals surface area contributed by atoms with E-state index in [0.717, 1.165) is 11.1 Å². The fourth-order valence-electron chi connectivity index (χ4n) is 3.72. The molecule has 0 aliphatic carbocycles. The lowest BCUT2D eigenvalue weighted by molar-refractivity contribution is -0.139. The van der Waals surface area contributed by atoms with Crippen LogP contribution in [0.5, 0.6) is 5.75 Å². The number of benzene rings is 3. The highest BCUT2D eigenvalue weighted by Gasteiger charge is 2.23. The van der Waals surface area contributed by atoms with E-state index in [1.54, 1.807) is 62.4 Å². The number of carboxylic acid groups (broad SMARTS) is 1. The SMILES string of the molecule is Cc1ccc(S(=O)(=O)c2ccc(CCNC[C@H](O)c3cccc(Cl)c3)cc2)c(C)c1OCC(=O)O.Cl. The Kier molecular flexibility index (Phi) is 10.8. The average molecular weight is 554 g/mol. The molecule has 7 nitrogen and oxygen atoms in total. The van der Waals surface area contributed by atoms with Crippen LogP contribution in [0.15, 0.2) is 70.5 Å². The second-order valence-electron chi connectivity index (χ2n) is 8.19. The van der Waals surface area contributed by atoms with E-state index < -0.39 is 28.5 Å². The predicted octanol–water partition coefficient (Wildman–Crippen LogP) is 4.54. The number of aliphatic carboxylic acids is 1. The zero-order valence-electron chi connectivity index (χ0n) is 19.9. The number of hydrogen-bond donors (Lipinski definition) is 3. The van der Waals surface area contributed by atoms with Gasteiger partial charge in [0.2, 0.25) is 9.84 Å². The van der Waals surface area contributed by atoms with Crippen molar-refractivity contribution < 1.29 is 28.2 Å². The van der Waals surface area contributed by atoms with Gasteiger partial charge in [-0.2, -0.15) is 0 Å². The van der Waals surface area contributed by atoms with Crippen molar-refractivity contribution in [1.82, 2.24) is 5.32 Å². The quantitative estimate of drug-likeness (QED) is 0.299. The molecule has 10 heteroatoms. The Bertz CT molecular complexity index is 1300. The van der Waals surface area contributed by atoms with Crippen LogP contribution in [0.25, 0.3) is 0 Å². The van der Waals surface area contributed by atoms with Gasteiger partial charge in [-0.25, -0.2) is 13.2 Å². The summed E-state index contributed by atoms with van der Waals surface area (Å²) < 4.78 is 31.8. The molecule has 1 atom stereocenters. The summed E-state index contributed by atoms with van der Waals surface area (Å²) >= 11 is 5.96. The third-order valence-corrected chi connectivity index (χ3v) is 7.73. The van der Waals surface area contributed by atoms with E-state index in [2.05, 4.69) is 5.32 Å². The Morgan fingerprint density at radius 2 is 1.78 bits per heavy atom. The van der Waals surface area contributed by atoms with Crippen LogP contribution in [0, 0.1) is 13.8 Å². The first-order chi connectivity index (χ1) is 16.6. The first-order valence-electron chi connectivity index (χ1n) is 11.0. The van der Waals surface area contributed by atoms with Crippen LogP contribution in [0.1, 0.15) is 28.4 Å². The van der Waals surface area contributed by atoms with E-state index >= 15 is 0 Å². The van der Waals surface area contributed by atoms with E-state index in [1.165, 1.54) is 6.07 Å². The van der Waals surface area contributed by atoms with Gasteiger partial charge in [-0.15, -0.1) is 12.4 Å². The fourth-order valence-corrected chi connectivity index (χ4v) is 5.41. The number of rotatable bonds is 11. The lowest BCUT2D eigenvalue weighted by Gasteiger charge is -2.15. The second-order valence-corrected chi connectivity index (χ2v) is 10.5. The Balaban J connectivity index is 0.00000456. The van der Waals surface area contributed by atoms with E-state index in [-0.39, 0.29) is 27.9 Å². The van der Waals surface area contributed by atoms with Gasteiger partial charge < -0.3 is 20.3 Å². The molecule has 0 saturated carbocycles. The van der Waals surface area contributed by atoms with E-state index in [4.69, 9.17) is 21.4 Å². The number of sulfone groups is 1. The Morgan fingerprint density at radius 3 is 2.42 bits per heavy atom. The van der Waals surface area contributed by atoms with Crippen LogP contribution < -0.4 is 10.1 Å². The van der Waals surface area contributed by atoms with Crippen molar-refractivity contribution in [2.45, 2.75) is 36.2 Å². The number of carbonyl (C=O) groups is 1. The molecular formula is C26H29Cl2NO6S. The molecule has 3 N–H and O–H groups in total. The maximum absolute atomic E-state index is 13.2. The van der Waals surface area contributed by atoms with Gasteiger partial charge in [0.05, 0.1) is 15.9 Å². The molecule has 0 aliphatic rings. The van der Waals surface area contributed by atoms with Gasteiger partial charge in [-0.05, 0) is 73.8 Å². The van der Waals surface area contributed by atoms with Gasteiger partial charge in [0.25, 0.3) is 0 Å². The standard InChI is InChI=1S/C26H28ClNO6S.ClH/c1-17-6-11-24(18(2)26(17)34-16-25(30)31)35(32,33)22-9-7-19(8-10-22)12-13-28-15-23(29)20-4-3-5-21(27)14-20;/h3-11,14,23,28-29H,12-13,15-16H2,1-2H3,(H,30,31);1H/t23-;/m0./s1. The average Bonchev–Trinajstić information content (AvgIpc) is 2.81. The predicted molar refractivity (Wildman–Crippen MR) is 141 cm³/mol. The number of ether oxygens (including phenoxy) is 1. The van der Waals surface area contributed by atoms with Crippen LogP contribution in [0.4, 0.5) is 0 Å². The van der Waals surface area contributed by atoms with Gasteiger partial charge in [0, 0.05) is 17.1 Å². The molecule has 0 aromatic heterocycles. The van der Waals surface area contributed by atoms with Crippen molar-refractivity contribution in [1.29, 1.82) is 0 Å². The number of halogens is 2. The highest BCUT2D eigenvalue weighted by Crippen LogP contribution is 2.32. The van der Waals surface area contributed by atoms with Crippen LogP contribution >= 0.6 is 24.0 Å². The molecule has 3 aromatic rings. The van der Waals surface area contributed by atoms with Gasteiger partial charge in [-0.3, -0.25) is 0 Å². The van der Waals surface area contributed by atoms with Crippen molar-refractivity contribution >= 4 is 39.8 Å². The molecule has 194 valence electrons. The zero-order valence-corrected chi connectivity index (χ0v) is 22.3. The van der Waals surface area contributed by atoms with Gasteiger partial charge in [0.15, 0.2) is 6.61 Å². The number of aryl methyl sites for hydroxylation is 1. The minimum atomic E-state index is -3.82. The zero-order chi connectivity index (χ0) is 25.6. The van der Waals surface area contributed by atoms with Crippen LogP contribution in [-0.2, 0) is 21.1 Å². The highest BCUT2D eigenvalue weighted by molar-refractivity contribution is 7.91. The van der Waals surface area contributed by atoms with Crippen molar-refractivity contribution in [2.75, 3.05) is 19.7 Å². The molecule has 0 bridgehead atoms. The summed E-state index contributed by atoms with van der Waals surface area (Å²) in [6.45, 7) is 3.76. The maximum Gasteiger partial charge on any atom is 0.341 e. The number of aliphatic hydroxyl groups is 1. The first-order valence-corrected chi connectivity index (χ1v) is 12.9. The fraction of sp³-hybridized carbons (Fsp3) is 0.269. The third-order valence-electron chi connectivity index (χ3n) is 5.58. The normalized spacial score (nSPS) is 12.0. The van der Waals surface area contributed by atoms with Gasteiger partial charge in [0.1, 0.15) is 5.75 Å². The Labute approximate surface area is 222 Å². The summed E-state index contributed by atoms with van der Waals surface area (Å²) in [6.07, 6.45) is -0.0254. The monoisotopic (exact) mass is 553 g/mol. The molecule has 0 unspecified atom stereocenters. The molecule has 0 saturated heterocycles. The first kappa shape index (κ1) is 29.6. The minimum Gasteiger partial charge on any atom is -0.481 e. The Hall–Kier alpha value is -2.62. The number of aliphatic hydroxyl groups excluding tert-OH is 1. The summed E-state index contributed by atoms with van der Waals surface area (Å²) in [7, 11) is -3.82. The van der Waals surface area contributed by atoms with Crippen LogP contribution in [0.3, 0.4) is 0 Å². The van der Waals surface area contributed by atoms with Crippen LogP contribution in [0.2, 0.25) is 5.02 Å². The van der Waals surface area contributed by atoms with Gasteiger partial charge in [-0.1, -0.05) is 41.9 Å². The topological polar surface area (TPSA) is 113 Å². The van der Waals surface area contributed by atoms with Crippen molar-refractivity contribution in [3.05, 3.63) is 87.9 Å². The lowest BCUT2D eigenvalue weighted by atomic mass is 10.1. The van der Waals surface area contributed by atoms with E-state index in [9.17, 15) is 18.3 Å².